The van der Waals surface area contributed by atoms with Crippen LogP contribution >= 0.6 is 11.6 Å². The van der Waals surface area contributed by atoms with Gasteiger partial charge in [-0.25, -0.2) is 15.0 Å². The van der Waals surface area contributed by atoms with E-state index in [1.807, 2.05) is 12.1 Å². The lowest BCUT2D eigenvalue weighted by atomic mass is 10.2. The molecule has 0 amide bonds. The Morgan fingerprint density at radius 1 is 1.24 bits per heavy atom. The summed E-state index contributed by atoms with van der Waals surface area (Å²) in [5, 5.41) is 14.3. The van der Waals surface area contributed by atoms with Crippen molar-refractivity contribution in [2.45, 2.75) is 19.4 Å². The van der Waals surface area contributed by atoms with E-state index >= 15 is 0 Å². The summed E-state index contributed by atoms with van der Waals surface area (Å²) in [4.78, 5) is 32.5. The Kier molecular flexibility index (Phi) is 4.41. The maximum Gasteiger partial charge on any atom is 0.263 e. The van der Waals surface area contributed by atoms with E-state index in [1.165, 1.54) is 10.9 Å². The lowest BCUT2D eigenvalue weighted by molar-refractivity contribution is 0.363. The van der Waals surface area contributed by atoms with Gasteiger partial charge in [0.05, 0.1) is 5.39 Å². The van der Waals surface area contributed by atoms with E-state index in [0.29, 0.717) is 39.5 Å². The number of anilines is 1. The maximum absolute atomic E-state index is 13.0. The Balaban J connectivity index is 1.18. The number of nitriles is 1. The van der Waals surface area contributed by atoms with Crippen LogP contribution in [0.15, 0.2) is 40.0 Å². The van der Waals surface area contributed by atoms with Crippen molar-refractivity contribution >= 4 is 28.5 Å². The van der Waals surface area contributed by atoms with Gasteiger partial charge in [-0.05, 0) is 42.5 Å². The minimum atomic E-state index is -0.262. The molecule has 0 radical (unpaired) electrons. The predicted molar refractivity (Wildman–Crippen MR) is 118 cm³/mol. The summed E-state index contributed by atoms with van der Waals surface area (Å²) in [5.41, 5.74) is 0.871. The zero-order valence-corrected chi connectivity index (χ0v) is 18.3. The number of aryl methyl sites for hydroxylation is 1. The number of hydrogen-bond donors (Lipinski definition) is 0. The quantitative estimate of drug-likeness (QED) is 0.450. The van der Waals surface area contributed by atoms with Crippen molar-refractivity contribution in [1.82, 2.24) is 29.7 Å². The highest BCUT2D eigenvalue weighted by molar-refractivity contribution is 6.30. The Labute approximate surface area is 192 Å². The van der Waals surface area contributed by atoms with Crippen LogP contribution in [-0.4, -0.2) is 42.7 Å². The third-order valence-electron chi connectivity index (χ3n) is 6.42. The van der Waals surface area contributed by atoms with Crippen molar-refractivity contribution in [3.63, 3.8) is 0 Å². The van der Waals surface area contributed by atoms with E-state index in [4.69, 9.17) is 21.4 Å². The van der Waals surface area contributed by atoms with E-state index in [9.17, 15) is 4.79 Å². The van der Waals surface area contributed by atoms with Gasteiger partial charge in [-0.2, -0.15) is 10.2 Å². The molecule has 164 valence electrons. The molecule has 11 heteroatoms. The number of hydrogen-bond acceptors (Lipinski definition) is 9. The molecule has 5 heterocycles. The molecule has 0 spiro atoms. The molecule has 2 fully saturated rings. The Morgan fingerprint density at radius 3 is 2.82 bits per heavy atom. The van der Waals surface area contributed by atoms with Gasteiger partial charge in [-0.3, -0.25) is 9.36 Å². The zero-order valence-electron chi connectivity index (χ0n) is 17.5. The topological polar surface area (TPSA) is 127 Å². The molecule has 6 rings (SSSR count). The van der Waals surface area contributed by atoms with E-state index < -0.39 is 0 Å². The normalized spacial score (nSPS) is 21.2. The molecular formula is C22H17ClN8O2. The predicted octanol–water partition coefficient (Wildman–Crippen LogP) is 2.30. The van der Waals surface area contributed by atoms with Crippen LogP contribution in [0, 0.1) is 30.1 Å². The van der Waals surface area contributed by atoms with Crippen LogP contribution < -0.4 is 10.5 Å². The molecule has 0 N–H and O–H groups in total. The van der Waals surface area contributed by atoms with Crippen LogP contribution in [-0.2, 0) is 6.54 Å². The average Bonchev–Trinajstić information content (AvgIpc) is 3.14. The molecule has 1 unspecified atom stereocenters. The van der Waals surface area contributed by atoms with Crippen molar-refractivity contribution in [2.75, 3.05) is 18.0 Å². The molecular weight excluding hydrogens is 444 g/mol. The lowest BCUT2D eigenvalue weighted by Gasteiger charge is -2.20. The summed E-state index contributed by atoms with van der Waals surface area (Å²) < 4.78 is 6.86. The van der Waals surface area contributed by atoms with Crippen molar-refractivity contribution in [1.29, 1.82) is 5.26 Å². The summed E-state index contributed by atoms with van der Waals surface area (Å²) in [6.07, 6.45) is 3.11. The van der Waals surface area contributed by atoms with E-state index in [2.05, 4.69) is 30.0 Å². The SMILES string of the molecule is Cc1cc(C#N)nc2ncn(Cc3nc(C4[C@H]5CN(c6cc(Cl)ccn6)C[C@@H]45)no3)c(=O)c12. The van der Waals surface area contributed by atoms with Crippen LogP contribution in [0.4, 0.5) is 5.82 Å². The van der Waals surface area contributed by atoms with Crippen molar-refractivity contribution in [2.24, 2.45) is 11.8 Å². The van der Waals surface area contributed by atoms with Crippen molar-refractivity contribution in [3.8, 4) is 6.07 Å². The fourth-order valence-corrected chi connectivity index (χ4v) is 4.93. The molecule has 1 aliphatic carbocycles. The molecule has 1 saturated carbocycles. The number of fused-ring (bicyclic) bond motifs is 2. The maximum atomic E-state index is 13.0. The molecule has 0 bridgehead atoms. The molecule has 4 aromatic rings. The fraction of sp³-hybridized carbons (Fsp3) is 0.318. The fourth-order valence-electron chi connectivity index (χ4n) is 4.78. The lowest BCUT2D eigenvalue weighted by Crippen LogP contribution is -2.24. The summed E-state index contributed by atoms with van der Waals surface area (Å²) in [6, 6.07) is 7.20. The first-order valence-electron chi connectivity index (χ1n) is 10.5. The van der Waals surface area contributed by atoms with E-state index in [-0.39, 0.29) is 29.4 Å². The van der Waals surface area contributed by atoms with E-state index in [1.54, 1.807) is 25.3 Å². The molecule has 1 aliphatic heterocycles. The van der Waals surface area contributed by atoms with Gasteiger partial charge in [0.1, 0.15) is 30.5 Å². The third kappa shape index (κ3) is 3.32. The second-order valence-corrected chi connectivity index (χ2v) is 8.89. The standard InChI is InChI=1S/C22H17ClN8O2/c1-11-4-13(6-24)27-20-18(11)22(32)31(10-26-20)9-17-28-21(29-33-17)19-14-7-30(8-15(14)19)16-5-12(23)2-3-25-16/h2-5,10,14-15,19H,7-9H2,1H3/t14-,15+,19?. The highest BCUT2D eigenvalue weighted by atomic mass is 35.5. The van der Waals surface area contributed by atoms with Gasteiger partial charge in [0, 0.05) is 30.2 Å². The smallest absolute Gasteiger partial charge is 0.263 e. The summed E-state index contributed by atoms with van der Waals surface area (Å²) in [5.74, 6) is 3.06. The van der Waals surface area contributed by atoms with Crippen LogP contribution in [0.1, 0.15) is 28.9 Å². The van der Waals surface area contributed by atoms with Gasteiger partial charge in [-0.15, -0.1) is 0 Å². The second kappa shape index (κ2) is 7.35. The Hall–Kier alpha value is -3.84. The molecule has 2 aliphatic rings. The summed E-state index contributed by atoms with van der Waals surface area (Å²) in [7, 11) is 0. The zero-order chi connectivity index (χ0) is 22.7. The van der Waals surface area contributed by atoms with Crippen LogP contribution in [0.5, 0.6) is 0 Å². The van der Waals surface area contributed by atoms with E-state index in [0.717, 1.165) is 18.9 Å². The number of pyridine rings is 2. The third-order valence-corrected chi connectivity index (χ3v) is 6.65. The first-order chi connectivity index (χ1) is 16.0. The number of halogens is 1. The first-order valence-corrected chi connectivity index (χ1v) is 10.9. The van der Waals surface area contributed by atoms with Gasteiger partial charge in [0.2, 0.25) is 5.89 Å². The Morgan fingerprint density at radius 2 is 2.06 bits per heavy atom. The second-order valence-electron chi connectivity index (χ2n) is 8.45. The average molecular weight is 461 g/mol. The van der Waals surface area contributed by atoms with Crippen LogP contribution in [0.25, 0.3) is 11.0 Å². The number of piperidine rings is 1. The summed E-state index contributed by atoms with van der Waals surface area (Å²) in [6.45, 7) is 3.63. The van der Waals surface area contributed by atoms with Crippen molar-refractivity contribution in [3.05, 3.63) is 69.1 Å². The largest absolute Gasteiger partial charge is 0.356 e. The molecule has 33 heavy (non-hydrogen) atoms. The minimum Gasteiger partial charge on any atom is -0.356 e. The first kappa shape index (κ1) is 19.8. The number of nitrogens with zero attached hydrogens (tertiary/aromatic N) is 8. The van der Waals surface area contributed by atoms with Crippen LogP contribution in [0.3, 0.4) is 0 Å². The van der Waals surface area contributed by atoms with Gasteiger partial charge in [0.25, 0.3) is 5.56 Å². The number of aromatic nitrogens is 6. The van der Waals surface area contributed by atoms with Gasteiger partial charge < -0.3 is 9.42 Å². The monoisotopic (exact) mass is 460 g/mol. The molecule has 10 nitrogen and oxygen atoms in total. The molecule has 3 atom stereocenters. The van der Waals surface area contributed by atoms with Gasteiger partial charge in [-0.1, -0.05) is 16.8 Å². The number of rotatable bonds is 4. The van der Waals surface area contributed by atoms with Crippen molar-refractivity contribution < 1.29 is 4.52 Å². The molecule has 0 aromatic carbocycles. The summed E-state index contributed by atoms with van der Waals surface area (Å²) >= 11 is 6.09. The molecule has 4 aromatic heterocycles. The van der Waals surface area contributed by atoms with Gasteiger partial charge in [0.15, 0.2) is 11.5 Å². The highest BCUT2D eigenvalue weighted by Crippen LogP contribution is 2.57. The minimum absolute atomic E-state index is 0.120. The van der Waals surface area contributed by atoms with Gasteiger partial charge >= 0.3 is 0 Å². The highest BCUT2D eigenvalue weighted by Gasteiger charge is 2.58. The Bertz CT molecular complexity index is 1490. The molecule has 1 saturated heterocycles. The van der Waals surface area contributed by atoms with Crippen LogP contribution in [0.2, 0.25) is 5.02 Å².